The topological polar surface area (TPSA) is 75.7 Å². The molecule has 12 heavy (non-hydrogen) atoms. The van der Waals surface area contributed by atoms with Crippen LogP contribution in [0.5, 0.6) is 11.5 Å². The second-order valence-corrected chi connectivity index (χ2v) is 2.13. The summed E-state index contributed by atoms with van der Waals surface area (Å²) in [4.78, 5) is 4.33. The molecule has 0 radical (unpaired) electrons. The van der Waals surface area contributed by atoms with Gasteiger partial charge >= 0.3 is 0 Å². The Morgan fingerprint density at radius 2 is 1.92 bits per heavy atom. The third kappa shape index (κ3) is 2.58. The predicted molar refractivity (Wildman–Crippen MR) is 46.0 cm³/mol. The van der Waals surface area contributed by atoms with E-state index in [0.29, 0.717) is 5.56 Å². The summed E-state index contributed by atoms with van der Waals surface area (Å²) in [6.45, 7) is 0.216. The Bertz CT molecular complexity index is 254. The highest BCUT2D eigenvalue weighted by atomic mass is 35.5. The molecule has 0 amide bonds. The number of benzene rings is 1. The van der Waals surface area contributed by atoms with E-state index in [0.717, 1.165) is 0 Å². The van der Waals surface area contributed by atoms with Crippen molar-refractivity contribution in [2.45, 2.75) is 6.61 Å². The van der Waals surface area contributed by atoms with Gasteiger partial charge in [-0.1, -0.05) is 6.07 Å². The highest BCUT2D eigenvalue weighted by molar-refractivity contribution is 5.85. The Hall–Kier alpha value is -0.970. The molecule has 0 heterocycles. The maximum Gasteiger partial charge on any atom is 0.157 e. The largest absolute Gasteiger partial charge is 0.504 e. The van der Waals surface area contributed by atoms with Crippen molar-refractivity contribution in [1.82, 2.24) is 0 Å². The number of hydrogen-bond donors (Lipinski definition) is 3. The van der Waals surface area contributed by atoms with Gasteiger partial charge < -0.3 is 10.2 Å². The third-order valence-corrected chi connectivity index (χ3v) is 1.29. The van der Waals surface area contributed by atoms with Crippen molar-refractivity contribution >= 4 is 12.4 Å². The zero-order valence-electron chi connectivity index (χ0n) is 6.23. The normalized spacial score (nSPS) is 9.08. The summed E-state index contributed by atoms with van der Waals surface area (Å²) < 4.78 is 0. The summed E-state index contributed by atoms with van der Waals surface area (Å²) in [5.74, 6) is 4.49. The number of nitrogens with two attached hydrogens (primary N) is 1. The van der Waals surface area contributed by atoms with Crippen molar-refractivity contribution in [3.63, 3.8) is 0 Å². The second-order valence-electron chi connectivity index (χ2n) is 2.13. The van der Waals surface area contributed by atoms with Crippen LogP contribution in [0, 0.1) is 0 Å². The van der Waals surface area contributed by atoms with Gasteiger partial charge in [-0.05, 0) is 17.7 Å². The molecule has 4 N–H and O–H groups in total. The SMILES string of the molecule is Cl.NOCc1ccc(O)c(O)c1. The fourth-order valence-corrected chi connectivity index (χ4v) is 0.755. The van der Waals surface area contributed by atoms with Gasteiger partial charge in [0.2, 0.25) is 0 Å². The first kappa shape index (κ1) is 11.0. The van der Waals surface area contributed by atoms with Gasteiger partial charge in [-0.25, -0.2) is 5.90 Å². The average Bonchev–Trinajstić information content (AvgIpc) is 1.98. The van der Waals surface area contributed by atoms with Gasteiger partial charge in [0.15, 0.2) is 11.5 Å². The molecule has 0 bridgehead atoms. The molecule has 0 fully saturated rings. The Labute approximate surface area is 75.9 Å². The first-order chi connectivity index (χ1) is 5.24. The van der Waals surface area contributed by atoms with Crippen LogP contribution in [0.4, 0.5) is 0 Å². The van der Waals surface area contributed by atoms with E-state index in [-0.39, 0.29) is 30.5 Å². The van der Waals surface area contributed by atoms with Gasteiger partial charge in [-0.2, -0.15) is 0 Å². The van der Waals surface area contributed by atoms with Crippen LogP contribution in [0.25, 0.3) is 0 Å². The molecule has 0 unspecified atom stereocenters. The van der Waals surface area contributed by atoms with Crippen LogP contribution in [0.15, 0.2) is 18.2 Å². The first-order valence-corrected chi connectivity index (χ1v) is 3.06. The summed E-state index contributed by atoms with van der Waals surface area (Å²) in [5.41, 5.74) is 0.711. The van der Waals surface area contributed by atoms with Crippen LogP contribution < -0.4 is 5.90 Å². The zero-order chi connectivity index (χ0) is 8.27. The lowest BCUT2D eigenvalue weighted by atomic mass is 10.2. The van der Waals surface area contributed by atoms with E-state index in [9.17, 15) is 0 Å². The third-order valence-electron chi connectivity index (χ3n) is 1.29. The molecule has 0 saturated heterocycles. The zero-order valence-corrected chi connectivity index (χ0v) is 7.04. The Morgan fingerprint density at radius 1 is 1.25 bits per heavy atom. The van der Waals surface area contributed by atoms with E-state index in [2.05, 4.69) is 4.84 Å². The molecule has 1 aromatic rings. The Morgan fingerprint density at radius 3 is 2.42 bits per heavy atom. The fourth-order valence-electron chi connectivity index (χ4n) is 0.755. The number of hydrogen-bond acceptors (Lipinski definition) is 4. The van der Waals surface area contributed by atoms with Crippen LogP contribution in [0.2, 0.25) is 0 Å². The van der Waals surface area contributed by atoms with Crippen molar-refractivity contribution in [1.29, 1.82) is 0 Å². The Balaban J connectivity index is 0.00000121. The second kappa shape index (κ2) is 4.82. The van der Waals surface area contributed by atoms with Crippen LogP contribution in [-0.2, 0) is 11.4 Å². The molecule has 1 aromatic carbocycles. The summed E-state index contributed by atoms with van der Waals surface area (Å²) in [5, 5.41) is 17.9. The van der Waals surface area contributed by atoms with Gasteiger partial charge in [0.25, 0.3) is 0 Å². The molecule has 0 spiro atoms. The van der Waals surface area contributed by atoms with Crippen molar-refractivity contribution in [2.75, 3.05) is 0 Å². The van der Waals surface area contributed by atoms with Gasteiger partial charge in [-0.15, -0.1) is 12.4 Å². The molecule has 0 atom stereocenters. The van der Waals surface area contributed by atoms with E-state index in [1.54, 1.807) is 6.07 Å². The molecule has 1 rings (SSSR count). The molecule has 0 saturated carbocycles. The van der Waals surface area contributed by atoms with E-state index in [4.69, 9.17) is 16.1 Å². The summed E-state index contributed by atoms with van der Waals surface area (Å²) in [7, 11) is 0. The molecule has 68 valence electrons. The van der Waals surface area contributed by atoms with Crippen LogP contribution in [0.3, 0.4) is 0 Å². The molecular weight excluding hydrogens is 182 g/mol. The minimum absolute atomic E-state index is 0. The van der Waals surface area contributed by atoms with Crippen molar-refractivity contribution < 1.29 is 15.1 Å². The maximum atomic E-state index is 8.98. The summed E-state index contributed by atoms with van der Waals surface area (Å²) >= 11 is 0. The maximum absolute atomic E-state index is 8.98. The molecule has 4 nitrogen and oxygen atoms in total. The first-order valence-electron chi connectivity index (χ1n) is 3.06. The quantitative estimate of drug-likeness (QED) is 0.480. The van der Waals surface area contributed by atoms with E-state index in [1.165, 1.54) is 12.1 Å². The molecule has 0 aliphatic heterocycles. The summed E-state index contributed by atoms with van der Waals surface area (Å²) in [6.07, 6.45) is 0. The van der Waals surface area contributed by atoms with Gasteiger partial charge in [-0.3, -0.25) is 4.84 Å². The molecule has 5 heteroatoms. The highest BCUT2D eigenvalue weighted by Gasteiger charge is 1.99. The number of aromatic hydroxyl groups is 2. The van der Waals surface area contributed by atoms with Gasteiger partial charge in [0, 0.05) is 0 Å². The number of phenolic OH excluding ortho intramolecular Hbond substituents is 2. The number of halogens is 1. The Kier molecular flexibility index (Phi) is 4.43. The number of rotatable bonds is 2. The van der Waals surface area contributed by atoms with Crippen LogP contribution in [0.1, 0.15) is 5.56 Å². The lowest BCUT2D eigenvalue weighted by Crippen LogP contribution is -1.98. The smallest absolute Gasteiger partial charge is 0.157 e. The number of phenols is 2. The van der Waals surface area contributed by atoms with Gasteiger partial charge in [0.05, 0.1) is 6.61 Å². The van der Waals surface area contributed by atoms with Gasteiger partial charge in [0.1, 0.15) is 0 Å². The van der Waals surface area contributed by atoms with E-state index >= 15 is 0 Å². The minimum atomic E-state index is -0.167. The monoisotopic (exact) mass is 191 g/mol. The average molecular weight is 192 g/mol. The predicted octanol–water partition coefficient (Wildman–Crippen LogP) is 0.910. The molecule has 0 aliphatic rings. The van der Waals surface area contributed by atoms with Crippen LogP contribution in [-0.4, -0.2) is 10.2 Å². The van der Waals surface area contributed by atoms with Crippen molar-refractivity contribution in [3.8, 4) is 11.5 Å². The van der Waals surface area contributed by atoms with Crippen molar-refractivity contribution in [2.24, 2.45) is 5.90 Å². The lowest BCUT2D eigenvalue weighted by Gasteiger charge is -2.00. The minimum Gasteiger partial charge on any atom is -0.504 e. The fraction of sp³-hybridized carbons (Fsp3) is 0.143. The van der Waals surface area contributed by atoms with E-state index in [1.807, 2.05) is 0 Å². The standard InChI is InChI=1S/C7H9NO3.ClH/c8-11-4-5-1-2-6(9)7(10)3-5;/h1-3,9-10H,4,8H2;1H. The van der Waals surface area contributed by atoms with Crippen LogP contribution >= 0.6 is 12.4 Å². The summed E-state index contributed by atoms with van der Waals surface area (Å²) in [6, 6.07) is 4.38. The lowest BCUT2D eigenvalue weighted by molar-refractivity contribution is 0.124. The van der Waals surface area contributed by atoms with E-state index < -0.39 is 0 Å². The molecule has 0 aromatic heterocycles. The highest BCUT2D eigenvalue weighted by Crippen LogP contribution is 2.24. The van der Waals surface area contributed by atoms with Crippen molar-refractivity contribution in [3.05, 3.63) is 23.8 Å². The molecular formula is C7H10ClNO3. The molecule has 0 aliphatic carbocycles.